The molecule has 2 aromatic carbocycles. The Hall–Kier alpha value is -1.53. The highest BCUT2D eigenvalue weighted by atomic mass is 79.9. The molecule has 0 spiro atoms. The maximum atomic E-state index is 11.9. The first-order chi connectivity index (χ1) is 10.1. The summed E-state index contributed by atoms with van der Waals surface area (Å²) in [4.78, 5) is 11.9. The fraction of sp³-hybridized carbons (Fsp3) is 0.133. The van der Waals surface area contributed by atoms with Crippen LogP contribution in [0, 0.1) is 0 Å². The molecule has 0 atom stereocenters. The van der Waals surface area contributed by atoms with Gasteiger partial charge in [-0.05, 0) is 33.6 Å². The largest absolute Gasteiger partial charge is 0.494 e. The van der Waals surface area contributed by atoms with Crippen molar-refractivity contribution >= 4 is 43.6 Å². The highest BCUT2D eigenvalue weighted by Crippen LogP contribution is 2.36. The van der Waals surface area contributed by atoms with Crippen LogP contribution in [-0.2, 0) is 11.3 Å². The molecule has 0 unspecified atom stereocenters. The van der Waals surface area contributed by atoms with Crippen molar-refractivity contribution in [2.24, 2.45) is 0 Å². The minimum absolute atomic E-state index is 0.211. The molecule has 0 saturated heterocycles. The maximum Gasteiger partial charge on any atom is 0.412 e. The van der Waals surface area contributed by atoms with E-state index in [0.29, 0.717) is 15.9 Å². The number of hydrogen-bond acceptors (Lipinski definition) is 3. The number of anilines is 1. The van der Waals surface area contributed by atoms with Crippen molar-refractivity contribution in [2.45, 2.75) is 6.61 Å². The molecule has 6 heteroatoms. The molecule has 0 aliphatic rings. The van der Waals surface area contributed by atoms with E-state index in [1.54, 1.807) is 6.07 Å². The first-order valence-electron chi connectivity index (χ1n) is 6.11. The summed E-state index contributed by atoms with van der Waals surface area (Å²) < 4.78 is 12.0. The number of rotatable bonds is 4. The lowest BCUT2D eigenvalue weighted by Crippen LogP contribution is -2.14. The molecular weight excluding hydrogens is 402 g/mol. The van der Waals surface area contributed by atoms with Crippen LogP contribution >= 0.6 is 31.9 Å². The van der Waals surface area contributed by atoms with E-state index < -0.39 is 6.09 Å². The average Bonchev–Trinajstić information content (AvgIpc) is 2.48. The first kappa shape index (κ1) is 15.9. The SMILES string of the molecule is COc1cc(Br)cc(Br)c1NC(=O)OCc1ccccc1. The average molecular weight is 415 g/mol. The molecule has 0 aliphatic carbocycles. The fourth-order valence-electron chi connectivity index (χ4n) is 1.69. The van der Waals surface area contributed by atoms with E-state index in [-0.39, 0.29) is 6.61 Å². The Kier molecular flexibility index (Phi) is 5.64. The summed E-state index contributed by atoms with van der Waals surface area (Å²) in [6.07, 6.45) is -0.542. The number of ether oxygens (including phenoxy) is 2. The molecule has 0 aromatic heterocycles. The van der Waals surface area contributed by atoms with Crippen molar-refractivity contribution in [3.05, 3.63) is 57.0 Å². The van der Waals surface area contributed by atoms with Crippen LogP contribution in [0.2, 0.25) is 0 Å². The van der Waals surface area contributed by atoms with Gasteiger partial charge in [0, 0.05) is 8.95 Å². The molecule has 2 aromatic rings. The molecule has 0 saturated carbocycles. The van der Waals surface area contributed by atoms with Crippen molar-refractivity contribution in [1.82, 2.24) is 0 Å². The lowest BCUT2D eigenvalue weighted by atomic mass is 10.2. The lowest BCUT2D eigenvalue weighted by molar-refractivity contribution is 0.155. The number of halogens is 2. The molecule has 2 rings (SSSR count). The molecule has 0 fully saturated rings. The molecule has 1 amide bonds. The first-order valence-corrected chi connectivity index (χ1v) is 7.69. The molecule has 1 N–H and O–H groups in total. The van der Waals surface area contributed by atoms with Gasteiger partial charge in [-0.25, -0.2) is 4.79 Å². The third-order valence-corrected chi connectivity index (χ3v) is 3.76. The molecule has 0 aliphatic heterocycles. The van der Waals surface area contributed by atoms with Crippen molar-refractivity contribution in [3.8, 4) is 5.75 Å². The van der Waals surface area contributed by atoms with Crippen molar-refractivity contribution in [2.75, 3.05) is 12.4 Å². The van der Waals surface area contributed by atoms with Gasteiger partial charge in [-0.2, -0.15) is 0 Å². The van der Waals surface area contributed by atoms with Gasteiger partial charge in [0.25, 0.3) is 0 Å². The summed E-state index contributed by atoms with van der Waals surface area (Å²) >= 11 is 6.74. The molecule has 21 heavy (non-hydrogen) atoms. The van der Waals surface area contributed by atoms with Gasteiger partial charge in [-0.1, -0.05) is 46.3 Å². The van der Waals surface area contributed by atoms with Crippen LogP contribution in [0.25, 0.3) is 0 Å². The lowest BCUT2D eigenvalue weighted by Gasteiger charge is -2.13. The number of carbonyl (C=O) groups excluding carboxylic acids is 1. The number of amides is 1. The molecule has 110 valence electrons. The third kappa shape index (κ3) is 4.47. The van der Waals surface area contributed by atoms with E-state index in [1.807, 2.05) is 36.4 Å². The second-order valence-electron chi connectivity index (χ2n) is 4.15. The second kappa shape index (κ2) is 7.47. The Morgan fingerprint density at radius 3 is 2.57 bits per heavy atom. The summed E-state index contributed by atoms with van der Waals surface area (Å²) in [7, 11) is 1.54. The van der Waals surface area contributed by atoms with Gasteiger partial charge in [-0.3, -0.25) is 5.32 Å². The smallest absolute Gasteiger partial charge is 0.412 e. The third-order valence-electron chi connectivity index (χ3n) is 2.68. The zero-order chi connectivity index (χ0) is 15.2. The topological polar surface area (TPSA) is 47.6 Å². The van der Waals surface area contributed by atoms with E-state index in [0.717, 1.165) is 10.0 Å². The van der Waals surface area contributed by atoms with Gasteiger partial charge in [0.15, 0.2) is 0 Å². The van der Waals surface area contributed by atoms with E-state index in [1.165, 1.54) is 7.11 Å². The van der Waals surface area contributed by atoms with Crippen LogP contribution in [0.1, 0.15) is 5.56 Å². The van der Waals surface area contributed by atoms with Gasteiger partial charge in [0.05, 0.1) is 7.11 Å². The summed E-state index contributed by atoms with van der Waals surface area (Å²) in [5.74, 6) is 0.535. The van der Waals surface area contributed by atoms with Crippen LogP contribution in [0.4, 0.5) is 10.5 Å². The number of hydrogen-bond donors (Lipinski definition) is 1. The number of benzene rings is 2. The van der Waals surface area contributed by atoms with E-state index in [2.05, 4.69) is 37.2 Å². The van der Waals surface area contributed by atoms with Gasteiger partial charge >= 0.3 is 6.09 Å². The van der Waals surface area contributed by atoms with Crippen LogP contribution in [0.3, 0.4) is 0 Å². The Morgan fingerprint density at radius 2 is 1.90 bits per heavy atom. The summed E-state index contributed by atoms with van der Waals surface area (Å²) in [6, 6.07) is 13.1. The molecule has 0 heterocycles. The Bertz CT molecular complexity index is 632. The molecule has 0 radical (unpaired) electrons. The molecular formula is C15H13Br2NO3. The Morgan fingerprint density at radius 1 is 1.19 bits per heavy atom. The van der Waals surface area contributed by atoms with E-state index >= 15 is 0 Å². The van der Waals surface area contributed by atoms with Crippen LogP contribution in [-0.4, -0.2) is 13.2 Å². The zero-order valence-corrected chi connectivity index (χ0v) is 14.4. The highest BCUT2D eigenvalue weighted by molar-refractivity contribution is 9.11. The molecule has 4 nitrogen and oxygen atoms in total. The minimum Gasteiger partial charge on any atom is -0.494 e. The molecule has 0 bridgehead atoms. The maximum absolute atomic E-state index is 11.9. The Labute approximate surface area is 139 Å². The van der Waals surface area contributed by atoms with E-state index in [9.17, 15) is 4.79 Å². The highest BCUT2D eigenvalue weighted by Gasteiger charge is 2.13. The van der Waals surface area contributed by atoms with Crippen molar-refractivity contribution in [3.63, 3.8) is 0 Å². The monoisotopic (exact) mass is 413 g/mol. The second-order valence-corrected chi connectivity index (χ2v) is 5.92. The van der Waals surface area contributed by atoms with Crippen molar-refractivity contribution in [1.29, 1.82) is 0 Å². The number of nitrogens with one attached hydrogen (secondary N) is 1. The van der Waals surface area contributed by atoms with E-state index in [4.69, 9.17) is 9.47 Å². The predicted molar refractivity (Wildman–Crippen MR) is 88.6 cm³/mol. The fourth-order valence-corrected chi connectivity index (χ4v) is 2.98. The normalized spacial score (nSPS) is 10.0. The van der Waals surface area contributed by atoms with Crippen LogP contribution < -0.4 is 10.1 Å². The van der Waals surface area contributed by atoms with Gasteiger partial charge < -0.3 is 9.47 Å². The minimum atomic E-state index is -0.542. The predicted octanol–water partition coefficient (Wildman–Crippen LogP) is 4.97. The zero-order valence-electron chi connectivity index (χ0n) is 11.2. The quantitative estimate of drug-likeness (QED) is 0.768. The summed E-state index contributed by atoms with van der Waals surface area (Å²) in [5.41, 5.74) is 1.45. The Balaban J connectivity index is 2.03. The van der Waals surface area contributed by atoms with Gasteiger partial charge in [0.2, 0.25) is 0 Å². The van der Waals surface area contributed by atoms with Gasteiger partial charge in [-0.15, -0.1) is 0 Å². The summed E-state index contributed by atoms with van der Waals surface area (Å²) in [5, 5.41) is 2.67. The van der Waals surface area contributed by atoms with Crippen molar-refractivity contribution < 1.29 is 14.3 Å². The number of carbonyl (C=O) groups is 1. The van der Waals surface area contributed by atoms with Crippen LogP contribution in [0.15, 0.2) is 51.4 Å². The standard InChI is InChI=1S/C15H13Br2NO3/c1-20-13-8-11(16)7-12(17)14(13)18-15(19)21-9-10-5-3-2-4-6-10/h2-8H,9H2,1H3,(H,18,19). The van der Waals surface area contributed by atoms with Crippen LogP contribution in [0.5, 0.6) is 5.75 Å². The van der Waals surface area contributed by atoms with Gasteiger partial charge in [0.1, 0.15) is 18.0 Å². The number of methoxy groups -OCH3 is 1. The summed E-state index contributed by atoms with van der Waals surface area (Å²) in [6.45, 7) is 0.211.